The number of benzene rings is 1. The van der Waals surface area contributed by atoms with Crippen LogP contribution in [0.2, 0.25) is 0 Å². The van der Waals surface area contributed by atoms with Crippen molar-refractivity contribution in [2.75, 3.05) is 5.75 Å². The molecule has 0 aliphatic carbocycles. The van der Waals surface area contributed by atoms with E-state index in [9.17, 15) is 17.7 Å². The molecule has 0 radical (unpaired) electrons. The number of aryl methyl sites for hydroxylation is 1. The van der Waals surface area contributed by atoms with E-state index in [1.54, 1.807) is 28.8 Å². The summed E-state index contributed by atoms with van der Waals surface area (Å²) in [6.45, 7) is 4.16. The van der Waals surface area contributed by atoms with Gasteiger partial charge in [0.2, 0.25) is 0 Å². The lowest BCUT2D eigenvalue weighted by Crippen LogP contribution is -2.08. The van der Waals surface area contributed by atoms with Crippen LogP contribution in [0.25, 0.3) is 22.6 Å². The maximum absolute atomic E-state index is 12.9. The minimum atomic E-state index is -4.47. The maximum atomic E-state index is 12.9. The zero-order valence-corrected chi connectivity index (χ0v) is 14.5. The minimum Gasteiger partial charge on any atom is -0.611 e. The van der Waals surface area contributed by atoms with Gasteiger partial charge in [0.25, 0.3) is 0 Å². The predicted octanol–water partition coefficient (Wildman–Crippen LogP) is 4.26. The Kier molecular flexibility index (Phi) is 4.75. The highest BCUT2D eigenvalue weighted by molar-refractivity contribution is 7.91. The van der Waals surface area contributed by atoms with Gasteiger partial charge >= 0.3 is 6.18 Å². The van der Waals surface area contributed by atoms with Crippen LogP contribution in [0.3, 0.4) is 0 Å². The van der Waals surface area contributed by atoms with Crippen LogP contribution in [0.15, 0.2) is 41.4 Å². The van der Waals surface area contributed by atoms with Gasteiger partial charge in [0.15, 0.2) is 10.5 Å². The summed E-state index contributed by atoms with van der Waals surface area (Å²) < 4.78 is 52.8. The molecule has 0 aliphatic heterocycles. The van der Waals surface area contributed by atoms with Crippen LogP contribution < -0.4 is 0 Å². The van der Waals surface area contributed by atoms with Crippen LogP contribution in [-0.2, 0) is 23.9 Å². The Labute approximate surface area is 145 Å². The van der Waals surface area contributed by atoms with Crippen molar-refractivity contribution >= 4 is 22.3 Å². The summed E-state index contributed by atoms with van der Waals surface area (Å²) in [7, 11) is 0. The summed E-state index contributed by atoms with van der Waals surface area (Å²) >= 11 is -1.21. The largest absolute Gasteiger partial charge is 0.611 e. The van der Waals surface area contributed by atoms with E-state index in [1.807, 2.05) is 13.8 Å². The Hall–Kier alpha value is -2.06. The molecule has 0 N–H and O–H groups in total. The van der Waals surface area contributed by atoms with E-state index in [2.05, 4.69) is 9.97 Å². The quantitative estimate of drug-likeness (QED) is 0.647. The van der Waals surface area contributed by atoms with Gasteiger partial charge in [0.1, 0.15) is 17.1 Å². The van der Waals surface area contributed by atoms with Gasteiger partial charge in [-0.2, -0.15) is 13.2 Å². The lowest BCUT2D eigenvalue weighted by molar-refractivity contribution is -0.137. The third-order valence-electron chi connectivity index (χ3n) is 3.86. The number of fused-ring (bicyclic) bond motifs is 1. The van der Waals surface area contributed by atoms with Crippen molar-refractivity contribution < 1.29 is 17.7 Å². The maximum Gasteiger partial charge on any atom is 0.417 e. The van der Waals surface area contributed by atoms with Crippen molar-refractivity contribution in [2.24, 2.45) is 0 Å². The zero-order chi connectivity index (χ0) is 18.2. The second kappa shape index (κ2) is 6.68. The number of rotatable bonds is 4. The highest BCUT2D eigenvalue weighted by Gasteiger charge is 2.32. The van der Waals surface area contributed by atoms with E-state index in [-0.39, 0.29) is 5.52 Å². The van der Waals surface area contributed by atoms with Crippen molar-refractivity contribution in [2.45, 2.75) is 31.5 Å². The molecule has 0 fully saturated rings. The van der Waals surface area contributed by atoms with Gasteiger partial charge in [0, 0.05) is 12.7 Å². The number of aromatic nitrogens is 3. The van der Waals surface area contributed by atoms with Crippen LogP contribution >= 0.6 is 0 Å². The minimum absolute atomic E-state index is 0.170. The van der Waals surface area contributed by atoms with Gasteiger partial charge in [-0.15, -0.1) is 0 Å². The fourth-order valence-corrected chi connectivity index (χ4v) is 3.62. The first-order valence-electron chi connectivity index (χ1n) is 7.78. The molecular weight excluding hydrogens is 351 g/mol. The molecule has 0 amide bonds. The molecule has 1 atom stereocenters. The number of hydrogen-bond donors (Lipinski definition) is 0. The first-order valence-corrected chi connectivity index (χ1v) is 9.10. The standard InChI is InChI=1S/C17H16F3N3OS/c1-3-23-15(12-7-5-6-8-14(12)25(24)4-2)22-13-9-11(17(18,19)20)10-21-16(13)23/h5-10H,3-4H2,1-2H3. The number of hydrogen-bond acceptors (Lipinski definition) is 3. The third kappa shape index (κ3) is 3.23. The van der Waals surface area contributed by atoms with E-state index >= 15 is 0 Å². The number of nitrogens with zero attached hydrogens (tertiary/aromatic N) is 3. The third-order valence-corrected chi connectivity index (χ3v) is 5.23. The zero-order valence-electron chi connectivity index (χ0n) is 13.7. The van der Waals surface area contributed by atoms with Gasteiger partial charge < -0.3 is 9.12 Å². The van der Waals surface area contributed by atoms with Crippen molar-refractivity contribution in [3.8, 4) is 11.4 Å². The second-order valence-electron chi connectivity index (χ2n) is 5.37. The molecule has 132 valence electrons. The van der Waals surface area contributed by atoms with Gasteiger partial charge in [-0.05, 0) is 43.2 Å². The molecule has 8 heteroatoms. The molecule has 4 nitrogen and oxygen atoms in total. The Morgan fingerprint density at radius 3 is 2.56 bits per heavy atom. The van der Waals surface area contributed by atoms with Crippen LogP contribution in [0.4, 0.5) is 13.2 Å². The number of imidazole rings is 1. The summed E-state index contributed by atoms with van der Waals surface area (Å²) in [5.74, 6) is 0.918. The molecular formula is C17H16F3N3OS. The molecule has 3 aromatic rings. The Morgan fingerprint density at radius 2 is 1.92 bits per heavy atom. The number of halogens is 3. The molecule has 0 aliphatic rings. The topological polar surface area (TPSA) is 53.8 Å². The van der Waals surface area contributed by atoms with Crippen molar-refractivity contribution in [1.82, 2.24) is 14.5 Å². The van der Waals surface area contributed by atoms with Crippen molar-refractivity contribution in [3.05, 3.63) is 42.1 Å². The normalized spacial score (nSPS) is 13.4. The lowest BCUT2D eigenvalue weighted by Gasteiger charge is -2.13. The molecule has 0 spiro atoms. The fourth-order valence-electron chi connectivity index (χ4n) is 2.68. The average Bonchev–Trinajstić information content (AvgIpc) is 2.97. The van der Waals surface area contributed by atoms with E-state index in [1.165, 1.54) is 0 Å². The van der Waals surface area contributed by atoms with Crippen LogP contribution in [0.5, 0.6) is 0 Å². The summed E-state index contributed by atoms with van der Waals surface area (Å²) in [4.78, 5) is 8.95. The highest BCUT2D eigenvalue weighted by Crippen LogP contribution is 2.33. The second-order valence-corrected chi connectivity index (χ2v) is 7.08. The molecule has 0 saturated heterocycles. The summed E-state index contributed by atoms with van der Waals surface area (Å²) in [5.41, 5.74) is 0.361. The monoisotopic (exact) mass is 367 g/mol. The van der Waals surface area contributed by atoms with Crippen LogP contribution in [-0.4, -0.2) is 24.8 Å². The predicted molar refractivity (Wildman–Crippen MR) is 90.6 cm³/mol. The highest BCUT2D eigenvalue weighted by atomic mass is 32.2. The van der Waals surface area contributed by atoms with Crippen LogP contribution in [0, 0.1) is 0 Å². The van der Waals surface area contributed by atoms with E-state index < -0.39 is 22.9 Å². The van der Waals surface area contributed by atoms with Gasteiger partial charge in [0.05, 0.1) is 11.1 Å². The Morgan fingerprint density at radius 1 is 1.20 bits per heavy atom. The first kappa shape index (κ1) is 17.8. The van der Waals surface area contributed by atoms with Crippen molar-refractivity contribution in [3.63, 3.8) is 0 Å². The molecule has 1 unspecified atom stereocenters. The summed E-state index contributed by atoms with van der Waals surface area (Å²) in [6.07, 6.45) is -3.66. The fraction of sp³-hybridized carbons (Fsp3) is 0.294. The van der Waals surface area contributed by atoms with Gasteiger partial charge in [-0.1, -0.05) is 12.1 Å². The van der Waals surface area contributed by atoms with Gasteiger partial charge in [-0.25, -0.2) is 9.97 Å². The smallest absolute Gasteiger partial charge is 0.417 e. The number of pyridine rings is 1. The average molecular weight is 367 g/mol. The van der Waals surface area contributed by atoms with E-state index in [0.717, 1.165) is 12.3 Å². The van der Waals surface area contributed by atoms with E-state index in [0.29, 0.717) is 34.2 Å². The lowest BCUT2D eigenvalue weighted by atomic mass is 10.2. The molecule has 0 bridgehead atoms. The van der Waals surface area contributed by atoms with Gasteiger partial charge in [-0.3, -0.25) is 0 Å². The molecule has 25 heavy (non-hydrogen) atoms. The molecule has 1 aromatic carbocycles. The Bertz CT molecular complexity index is 908. The summed E-state index contributed by atoms with van der Waals surface area (Å²) in [6, 6.07) is 8.10. The van der Waals surface area contributed by atoms with Crippen molar-refractivity contribution in [1.29, 1.82) is 0 Å². The van der Waals surface area contributed by atoms with Crippen LogP contribution in [0.1, 0.15) is 19.4 Å². The Balaban J connectivity index is 2.24. The number of alkyl halides is 3. The SMILES string of the molecule is CCn1c(-c2ccccc2[S+]([O-])CC)nc2cc(C(F)(F)F)cnc21. The molecule has 2 aromatic heterocycles. The molecule has 0 saturated carbocycles. The molecule has 2 heterocycles. The first-order chi connectivity index (χ1) is 11.9. The van der Waals surface area contributed by atoms with E-state index in [4.69, 9.17) is 0 Å². The summed E-state index contributed by atoms with van der Waals surface area (Å²) in [5, 5.41) is 0. The molecule has 3 rings (SSSR count).